The van der Waals surface area contributed by atoms with Gasteiger partial charge in [0.15, 0.2) is 63.8 Å². The summed E-state index contributed by atoms with van der Waals surface area (Å²) in [5.41, 5.74) is 19.4. The van der Waals surface area contributed by atoms with Crippen LogP contribution in [0.25, 0.3) is 201 Å². The lowest BCUT2D eigenvalue weighted by atomic mass is 9.99. The van der Waals surface area contributed by atoms with E-state index >= 15 is 0 Å². The number of nitrogens with zero attached hydrogens (tertiary/aromatic N) is 14. The zero-order valence-electron chi connectivity index (χ0n) is 58.6. The summed E-state index contributed by atoms with van der Waals surface area (Å²) in [7, 11) is 0. The Balaban J connectivity index is 0.845. The minimum absolute atomic E-state index is 0.388. The van der Waals surface area contributed by atoms with Crippen molar-refractivity contribution in [3.8, 4) is 153 Å². The first-order chi connectivity index (χ1) is 54.3. The van der Waals surface area contributed by atoms with Crippen molar-refractivity contribution in [2.24, 2.45) is 0 Å². The number of benzene rings is 14. The second-order valence-electron chi connectivity index (χ2n) is 26.6. The molecular weight excluding hydrogens is 1350 g/mol. The third kappa shape index (κ3) is 12.1. The number of fused-ring (bicyclic) bond motifs is 6. The quantitative estimate of drug-likeness (QED) is 0.0959. The fourth-order valence-electron chi connectivity index (χ4n) is 14.6. The van der Waals surface area contributed by atoms with E-state index in [4.69, 9.17) is 58.0 Å². The van der Waals surface area contributed by atoms with E-state index < -0.39 is 0 Å². The summed E-state index contributed by atoms with van der Waals surface area (Å²) in [6.45, 7) is 15.7. The Morgan fingerprint density at radius 3 is 0.964 bits per heavy atom. The van der Waals surface area contributed by atoms with Gasteiger partial charge in [-0.15, -0.1) is 0 Å². The maximum Gasteiger partial charge on any atom is 0.187 e. The molecule has 5 aromatic heterocycles. The third-order valence-electron chi connectivity index (χ3n) is 20.0. The monoisotopic (exact) mass is 1400 g/mol. The van der Waals surface area contributed by atoms with Crippen LogP contribution in [-0.4, -0.2) is 54.0 Å². The normalized spacial score (nSPS) is 11.2. The molecule has 110 heavy (non-hydrogen) atoms. The van der Waals surface area contributed by atoms with Crippen molar-refractivity contribution in [2.75, 3.05) is 0 Å². The highest BCUT2D eigenvalue weighted by Crippen LogP contribution is 2.44. The Morgan fingerprint density at radius 2 is 0.536 bits per heavy atom. The van der Waals surface area contributed by atoms with Gasteiger partial charge in [0.1, 0.15) is 0 Å². The van der Waals surface area contributed by atoms with Gasteiger partial charge < -0.3 is 9.13 Å². The van der Waals surface area contributed by atoms with Gasteiger partial charge in [-0.25, -0.2) is 54.5 Å². The van der Waals surface area contributed by atoms with E-state index in [1.165, 1.54) is 0 Å². The lowest BCUT2D eigenvalue weighted by Gasteiger charge is -2.18. The molecule has 0 aliphatic rings. The molecule has 14 aromatic carbocycles. The van der Waals surface area contributed by atoms with E-state index in [0.717, 1.165) is 127 Å². The van der Waals surface area contributed by atoms with Crippen molar-refractivity contribution in [1.82, 2.24) is 54.0 Å². The average molecular weight is 1410 g/mol. The molecule has 0 amide bonds. The summed E-state index contributed by atoms with van der Waals surface area (Å²) in [6, 6.07) is 116. The molecule has 14 nitrogen and oxygen atoms in total. The van der Waals surface area contributed by atoms with Crippen LogP contribution in [0.15, 0.2) is 340 Å². The van der Waals surface area contributed by atoms with Gasteiger partial charge in [0.2, 0.25) is 0 Å². The van der Waals surface area contributed by atoms with Gasteiger partial charge in [0, 0.05) is 71.6 Å². The zero-order valence-corrected chi connectivity index (χ0v) is 58.6. The molecule has 0 bridgehead atoms. The SMILES string of the molecule is [C-]#[N+]c1ccc(-c2ccc(-c3nc(-c4ccc(-c5cccc(C#N)c5)cc4-n4c5ccccc5c5cc(-c6nc(-c7ccccc7)nc(-c7ccccc7)n6)ccc54)nc(-c4ccc(-c5cccc([N+]#[C-])c5)cc4-n4c5ccccc5c5cc(-c6nc(-c7ccccc7)nc(-c7ccccc7)n6)ccc54)n3)cc2)cc1. The lowest BCUT2D eigenvalue weighted by molar-refractivity contribution is 1.06. The second kappa shape index (κ2) is 27.7. The molecule has 19 rings (SSSR count). The highest BCUT2D eigenvalue weighted by Gasteiger charge is 2.26. The van der Waals surface area contributed by atoms with Crippen LogP contribution in [0.2, 0.25) is 0 Å². The first-order valence-electron chi connectivity index (χ1n) is 35.8. The smallest absolute Gasteiger partial charge is 0.187 e. The van der Waals surface area contributed by atoms with Crippen molar-refractivity contribution in [3.63, 3.8) is 0 Å². The molecule has 0 N–H and O–H groups in total. The minimum atomic E-state index is 0.388. The first-order valence-corrected chi connectivity index (χ1v) is 35.8. The standard InChI is InChI=1S/C96H56N14/c1-98-74-47-41-62(42-48-74)61-37-39-67(40-38-61)92-106-95(78-49-43-70(68-30-19-21-60(53-68)59-97)57-86(78)109-82-35-17-15-33-76(82)80-55-72(45-51-84(80)109)93-102-88(63-22-7-3-8-23-63)100-89(103-93)64-24-9-4-10-25-64)108-96(107-92)79-50-44-71(69-31-20-32-75(54-69)99-2)58-87(79)110-83-36-18-16-34-77(83)81-56-73(46-52-85(81)110)94-104-90(65-26-11-5-12-27-65)101-91(105-94)66-28-13-6-14-29-66/h3-58H. The Labute approximate surface area is 631 Å². The summed E-state index contributed by atoms with van der Waals surface area (Å²) < 4.78 is 4.56. The van der Waals surface area contributed by atoms with Gasteiger partial charge in [-0.2, -0.15) is 5.26 Å². The van der Waals surface area contributed by atoms with E-state index in [1.807, 2.05) is 206 Å². The fraction of sp³-hybridized carbons (Fsp3) is 0. The summed E-state index contributed by atoms with van der Waals surface area (Å²) in [6.07, 6.45) is 0. The first kappa shape index (κ1) is 65.0. The largest absolute Gasteiger partial charge is 0.308 e. The summed E-state index contributed by atoms with van der Waals surface area (Å²) >= 11 is 0. The average Bonchev–Trinajstić information content (AvgIpc) is 1.56. The van der Waals surface area contributed by atoms with E-state index in [0.29, 0.717) is 80.5 Å². The Hall–Kier alpha value is -15.8. The van der Waals surface area contributed by atoms with Gasteiger partial charge in [-0.1, -0.05) is 249 Å². The van der Waals surface area contributed by atoms with Crippen molar-refractivity contribution >= 4 is 55.0 Å². The van der Waals surface area contributed by atoms with Crippen LogP contribution >= 0.6 is 0 Å². The molecule has 5 heterocycles. The molecular formula is C96H56N14. The third-order valence-corrected chi connectivity index (χ3v) is 20.0. The van der Waals surface area contributed by atoms with Crippen LogP contribution in [-0.2, 0) is 0 Å². The molecule has 0 unspecified atom stereocenters. The topological polar surface area (TPSA) is 158 Å². The minimum Gasteiger partial charge on any atom is -0.308 e. The van der Waals surface area contributed by atoms with E-state index in [1.54, 1.807) is 0 Å². The number of nitriles is 1. The molecule has 0 radical (unpaired) electrons. The Morgan fingerprint density at radius 1 is 0.227 bits per heavy atom. The second-order valence-corrected chi connectivity index (χ2v) is 26.6. The van der Waals surface area contributed by atoms with Crippen LogP contribution in [0.5, 0.6) is 0 Å². The van der Waals surface area contributed by atoms with E-state index in [9.17, 15) is 5.26 Å². The predicted molar refractivity (Wildman–Crippen MR) is 438 cm³/mol. The predicted octanol–water partition coefficient (Wildman–Crippen LogP) is 23.4. The van der Waals surface area contributed by atoms with Crippen molar-refractivity contribution in [3.05, 3.63) is 368 Å². The zero-order chi connectivity index (χ0) is 73.6. The fourth-order valence-corrected chi connectivity index (χ4v) is 14.6. The molecule has 0 aliphatic carbocycles. The van der Waals surface area contributed by atoms with Crippen LogP contribution < -0.4 is 0 Å². The molecule has 0 atom stereocenters. The molecule has 510 valence electrons. The van der Waals surface area contributed by atoms with Crippen molar-refractivity contribution < 1.29 is 0 Å². The molecule has 0 saturated carbocycles. The number of aromatic nitrogens is 11. The summed E-state index contributed by atoms with van der Waals surface area (Å²) in [4.78, 5) is 55.2. The molecule has 0 fully saturated rings. The highest BCUT2D eigenvalue weighted by molar-refractivity contribution is 6.12. The van der Waals surface area contributed by atoms with Crippen LogP contribution in [0.1, 0.15) is 5.56 Å². The Kier molecular flexibility index (Phi) is 16.3. The van der Waals surface area contributed by atoms with Gasteiger partial charge in [-0.05, 0) is 124 Å². The van der Waals surface area contributed by atoms with Crippen molar-refractivity contribution in [1.29, 1.82) is 5.26 Å². The van der Waals surface area contributed by atoms with Crippen LogP contribution in [0, 0.1) is 24.5 Å². The summed E-state index contributed by atoms with van der Waals surface area (Å²) in [5.74, 6) is 4.49. The summed E-state index contributed by atoms with van der Waals surface area (Å²) in [5, 5.41) is 14.2. The highest BCUT2D eigenvalue weighted by atomic mass is 15.1. The maximum atomic E-state index is 10.3. The number of para-hydroxylation sites is 2. The molecule has 0 saturated heterocycles. The van der Waals surface area contributed by atoms with Crippen molar-refractivity contribution in [2.45, 2.75) is 0 Å². The van der Waals surface area contributed by atoms with Gasteiger partial charge in [0.25, 0.3) is 0 Å². The molecule has 19 aromatic rings. The number of hydrogen-bond donors (Lipinski definition) is 0. The lowest BCUT2D eigenvalue weighted by Crippen LogP contribution is -2.06. The Bertz CT molecular complexity index is 6490. The maximum absolute atomic E-state index is 10.3. The van der Waals surface area contributed by atoms with E-state index in [-0.39, 0.29) is 0 Å². The van der Waals surface area contributed by atoms with E-state index in [2.05, 4.69) is 158 Å². The van der Waals surface area contributed by atoms with Gasteiger partial charge >= 0.3 is 0 Å². The van der Waals surface area contributed by atoms with Crippen LogP contribution in [0.3, 0.4) is 0 Å². The number of hydrogen-bond acceptors (Lipinski definition) is 10. The number of rotatable bonds is 14. The molecule has 0 spiro atoms. The van der Waals surface area contributed by atoms with Gasteiger partial charge in [0.05, 0.1) is 58.2 Å². The molecule has 0 aliphatic heterocycles. The van der Waals surface area contributed by atoms with Gasteiger partial charge in [-0.3, -0.25) is 0 Å². The van der Waals surface area contributed by atoms with Crippen LogP contribution in [0.4, 0.5) is 11.4 Å². The molecule has 14 heteroatoms.